The van der Waals surface area contributed by atoms with Gasteiger partial charge in [0.15, 0.2) is 0 Å². The second-order valence-electron chi connectivity index (χ2n) is 9.51. The number of hydrogen-bond acceptors (Lipinski definition) is 5. The zero-order valence-electron chi connectivity index (χ0n) is 19.2. The topological polar surface area (TPSA) is 45.7 Å². The first-order valence-electron chi connectivity index (χ1n) is 11.6. The summed E-state index contributed by atoms with van der Waals surface area (Å²) in [4.78, 5) is 20.7. The van der Waals surface area contributed by atoms with Crippen molar-refractivity contribution in [1.82, 2.24) is 9.88 Å². The molecule has 0 amide bonds. The van der Waals surface area contributed by atoms with Crippen LogP contribution in [0.25, 0.3) is 11.3 Å². The predicted molar refractivity (Wildman–Crippen MR) is 126 cm³/mol. The van der Waals surface area contributed by atoms with E-state index < -0.39 is 0 Å². The van der Waals surface area contributed by atoms with Gasteiger partial charge in [-0.3, -0.25) is 9.69 Å². The summed E-state index contributed by atoms with van der Waals surface area (Å²) in [5.74, 6) is 0.889. The van der Waals surface area contributed by atoms with Crippen molar-refractivity contribution >= 4 is 11.8 Å². The number of ether oxygens (including phenoxy) is 1. The number of aryl methyl sites for hydroxylation is 1. The highest BCUT2D eigenvalue weighted by Gasteiger charge is 2.29. The van der Waals surface area contributed by atoms with E-state index in [1.54, 1.807) is 0 Å². The molecular formula is C26H35N3O2. The summed E-state index contributed by atoms with van der Waals surface area (Å²) in [6.07, 6.45) is 4.39. The molecule has 0 spiro atoms. The lowest BCUT2D eigenvalue weighted by atomic mass is 9.86. The van der Waals surface area contributed by atoms with Crippen LogP contribution in [0.5, 0.6) is 0 Å². The minimum Gasteiger partial charge on any atom is -0.466 e. The van der Waals surface area contributed by atoms with E-state index in [1.807, 2.05) is 0 Å². The normalized spacial score (nSPS) is 18.1. The Hall–Kier alpha value is -2.40. The number of aromatic nitrogens is 1. The average Bonchev–Trinajstić information content (AvgIpc) is 3.08. The molecule has 1 aliphatic carbocycles. The quantitative estimate of drug-likeness (QED) is 0.489. The molecule has 0 atom stereocenters. The standard InChI is InChI=1S/C26H35N3O2/c1-20(30)31-18-5-4-13-28-14-16-29(17-15-28)25-8-6-7-24(27-25)22-9-10-23-21(19-22)11-12-26(23,2)3/h6-10,19H,4-5,11-18H2,1-3H3. The van der Waals surface area contributed by atoms with E-state index >= 15 is 0 Å². The number of benzene rings is 1. The molecule has 2 aliphatic rings. The molecule has 0 N–H and O–H groups in total. The number of pyridine rings is 1. The highest BCUT2D eigenvalue weighted by molar-refractivity contribution is 5.66. The lowest BCUT2D eigenvalue weighted by Crippen LogP contribution is -2.47. The molecule has 1 saturated heterocycles. The molecule has 1 aromatic carbocycles. The van der Waals surface area contributed by atoms with E-state index in [4.69, 9.17) is 9.72 Å². The van der Waals surface area contributed by atoms with Gasteiger partial charge in [-0.15, -0.1) is 0 Å². The van der Waals surface area contributed by atoms with Crippen molar-refractivity contribution in [1.29, 1.82) is 0 Å². The second-order valence-corrected chi connectivity index (χ2v) is 9.51. The number of fused-ring (bicyclic) bond motifs is 1. The third-order valence-corrected chi connectivity index (χ3v) is 6.75. The summed E-state index contributed by atoms with van der Waals surface area (Å²) < 4.78 is 5.01. The van der Waals surface area contributed by atoms with Crippen LogP contribution < -0.4 is 4.90 Å². The van der Waals surface area contributed by atoms with E-state index in [0.717, 1.165) is 57.1 Å². The van der Waals surface area contributed by atoms with Crippen molar-refractivity contribution in [3.63, 3.8) is 0 Å². The zero-order chi connectivity index (χ0) is 21.8. The van der Waals surface area contributed by atoms with Crippen molar-refractivity contribution in [3.8, 4) is 11.3 Å². The van der Waals surface area contributed by atoms with Gasteiger partial charge in [0.25, 0.3) is 0 Å². The Balaban J connectivity index is 1.33. The van der Waals surface area contributed by atoms with Crippen LogP contribution in [0.3, 0.4) is 0 Å². The number of carbonyl (C=O) groups excluding carboxylic acids is 1. The highest BCUT2D eigenvalue weighted by Crippen LogP contribution is 2.39. The van der Waals surface area contributed by atoms with E-state index in [0.29, 0.717) is 12.0 Å². The number of anilines is 1. The van der Waals surface area contributed by atoms with Crippen LogP contribution in [0.4, 0.5) is 5.82 Å². The smallest absolute Gasteiger partial charge is 0.302 e. The first-order valence-corrected chi connectivity index (χ1v) is 11.6. The van der Waals surface area contributed by atoms with Crippen molar-refractivity contribution < 1.29 is 9.53 Å². The van der Waals surface area contributed by atoms with Crippen LogP contribution in [-0.2, 0) is 21.4 Å². The van der Waals surface area contributed by atoms with Crippen LogP contribution >= 0.6 is 0 Å². The lowest BCUT2D eigenvalue weighted by Gasteiger charge is -2.35. The van der Waals surface area contributed by atoms with E-state index in [2.05, 4.69) is 60.0 Å². The number of unbranched alkanes of at least 4 members (excludes halogenated alkanes) is 1. The summed E-state index contributed by atoms with van der Waals surface area (Å²) >= 11 is 0. The molecule has 0 radical (unpaired) electrons. The molecule has 4 rings (SSSR count). The maximum atomic E-state index is 10.8. The molecule has 0 saturated carbocycles. The van der Waals surface area contributed by atoms with E-state index in [1.165, 1.54) is 36.5 Å². The zero-order valence-corrected chi connectivity index (χ0v) is 19.2. The summed E-state index contributed by atoms with van der Waals surface area (Å²) in [6.45, 7) is 11.8. The van der Waals surface area contributed by atoms with Crippen LogP contribution in [0.1, 0.15) is 51.2 Å². The van der Waals surface area contributed by atoms with Crippen molar-refractivity contribution in [2.45, 2.75) is 51.9 Å². The Morgan fingerprint density at radius 1 is 1.10 bits per heavy atom. The number of esters is 1. The van der Waals surface area contributed by atoms with Crippen molar-refractivity contribution in [2.75, 3.05) is 44.2 Å². The molecule has 5 nitrogen and oxygen atoms in total. The largest absolute Gasteiger partial charge is 0.466 e. The van der Waals surface area contributed by atoms with Gasteiger partial charge >= 0.3 is 5.97 Å². The van der Waals surface area contributed by atoms with Crippen LogP contribution in [-0.4, -0.2) is 55.2 Å². The SMILES string of the molecule is CC(=O)OCCCCN1CCN(c2cccc(-c3ccc4c(c3)CCC4(C)C)n2)CC1. The van der Waals surface area contributed by atoms with Gasteiger partial charge in [-0.2, -0.15) is 0 Å². The molecule has 0 unspecified atom stereocenters. The number of nitrogens with zero attached hydrogens (tertiary/aromatic N) is 3. The Morgan fingerprint density at radius 3 is 2.68 bits per heavy atom. The lowest BCUT2D eigenvalue weighted by molar-refractivity contribution is -0.141. The third-order valence-electron chi connectivity index (χ3n) is 6.75. The Labute approximate surface area is 186 Å². The fourth-order valence-electron chi connectivity index (χ4n) is 4.82. The monoisotopic (exact) mass is 421 g/mol. The summed E-state index contributed by atoms with van der Waals surface area (Å²) in [5.41, 5.74) is 5.57. The van der Waals surface area contributed by atoms with Crippen LogP contribution in [0, 0.1) is 0 Å². The van der Waals surface area contributed by atoms with Gasteiger partial charge in [0.05, 0.1) is 12.3 Å². The molecule has 5 heteroatoms. The maximum absolute atomic E-state index is 10.8. The molecule has 2 aromatic rings. The fraction of sp³-hybridized carbons (Fsp3) is 0.538. The number of piperazine rings is 1. The number of hydrogen-bond donors (Lipinski definition) is 0. The average molecular weight is 422 g/mol. The number of rotatable bonds is 7. The summed E-state index contributed by atoms with van der Waals surface area (Å²) in [5, 5.41) is 0. The van der Waals surface area contributed by atoms with Gasteiger partial charge < -0.3 is 9.64 Å². The minimum atomic E-state index is -0.188. The second kappa shape index (κ2) is 9.39. The van der Waals surface area contributed by atoms with Gasteiger partial charge in [0.2, 0.25) is 0 Å². The number of carbonyl (C=O) groups is 1. The molecule has 166 valence electrons. The molecular weight excluding hydrogens is 386 g/mol. The van der Waals surface area contributed by atoms with Crippen LogP contribution in [0.2, 0.25) is 0 Å². The highest BCUT2D eigenvalue weighted by atomic mass is 16.5. The summed E-state index contributed by atoms with van der Waals surface area (Å²) in [6, 6.07) is 13.3. The Morgan fingerprint density at radius 2 is 1.90 bits per heavy atom. The molecule has 1 fully saturated rings. The predicted octanol–water partition coefficient (Wildman–Crippen LogP) is 4.44. The van der Waals surface area contributed by atoms with E-state index in [9.17, 15) is 4.79 Å². The molecule has 0 bridgehead atoms. The van der Waals surface area contributed by atoms with Gasteiger partial charge in [0.1, 0.15) is 5.82 Å². The van der Waals surface area contributed by atoms with E-state index in [-0.39, 0.29) is 5.97 Å². The first-order chi connectivity index (χ1) is 14.9. The minimum absolute atomic E-state index is 0.188. The Bertz CT molecular complexity index is 917. The first kappa shape index (κ1) is 21.8. The van der Waals surface area contributed by atoms with Crippen molar-refractivity contribution in [3.05, 3.63) is 47.5 Å². The third kappa shape index (κ3) is 5.27. The van der Waals surface area contributed by atoms with Gasteiger partial charge in [0, 0.05) is 38.7 Å². The van der Waals surface area contributed by atoms with Gasteiger partial charge in [-0.1, -0.05) is 32.0 Å². The van der Waals surface area contributed by atoms with Crippen LogP contribution in [0.15, 0.2) is 36.4 Å². The Kier molecular flexibility index (Phi) is 6.61. The summed E-state index contributed by atoms with van der Waals surface area (Å²) in [7, 11) is 0. The molecule has 1 aliphatic heterocycles. The molecule has 1 aromatic heterocycles. The maximum Gasteiger partial charge on any atom is 0.302 e. The van der Waals surface area contributed by atoms with Gasteiger partial charge in [-0.05, 0) is 67.0 Å². The fourth-order valence-corrected chi connectivity index (χ4v) is 4.82. The molecule has 2 heterocycles. The van der Waals surface area contributed by atoms with Gasteiger partial charge in [-0.25, -0.2) is 4.98 Å². The molecule has 31 heavy (non-hydrogen) atoms. The van der Waals surface area contributed by atoms with Crippen molar-refractivity contribution in [2.24, 2.45) is 0 Å².